The van der Waals surface area contributed by atoms with E-state index in [9.17, 15) is 0 Å². The van der Waals surface area contributed by atoms with Gasteiger partial charge in [-0.3, -0.25) is 15.0 Å². The molecule has 0 aliphatic carbocycles. The van der Waals surface area contributed by atoms with Crippen molar-refractivity contribution in [2.45, 2.75) is 13.8 Å². The van der Waals surface area contributed by atoms with E-state index in [1.807, 2.05) is 36.5 Å². The van der Waals surface area contributed by atoms with Crippen LogP contribution in [0.1, 0.15) is 11.4 Å². The maximum atomic E-state index is 5.09. The number of hydrogen-bond donors (Lipinski definition) is 0. The fraction of sp³-hybridized carbons (Fsp3) is 0.0400. The number of hydrogen-bond acceptors (Lipinski definition) is 4. The molecular weight excluding hydrogens is 657 g/mol. The molecule has 0 spiro atoms. The largest absolute Gasteiger partial charge is 0.254 e. The molecule has 0 saturated carbocycles. The Morgan fingerprint density at radius 1 is 0.333 bits per heavy atom. The van der Waals surface area contributed by atoms with Crippen molar-refractivity contribution in [1.82, 2.24) is 19.9 Å². The topological polar surface area (TPSA) is 51.6 Å². The first kappa shape index (κ1) is 32.8. The minimum atomic E-state index is 0.946. The molecule has 10 rings (SSSR count). The number of fused-ring (bicyclic) bond motifs is 6. The van der Waals surface area contributed by atoms with Crippen LogP contribution < -0.4 is 0 Å². The summed E-state index contributed by atoms with van der Waals surface area (Å²) in [5.41, 5.74) is 15.1. The molecule has 0 radical (unpaired) electrons. The molecule has 4 heterocycles. The molecule has 0 bridgehead atoms. The first-order valence-corrected chi connectivity index (χ1v) is 18.2. The van der Waals surface area contributed by atoms with Crippen molar-refractivity contribution >= 4 is 43.6 Å². The van der Waals surface area contributed by atoms with Crippen molar-refractivity contribution in [2.75, 3.05) is 0 Å². The molecule has 4 heteroatoms. The summed E-state index contributed by atoms with van der Waals surface area (Å²) in [6, 6.07) is 61.0. The van der Waals surface area contributed by atoms with Crippen LogP contribution in [0.25, 0.3) is 88.2 Å². The Balaban J connectivity index is 0.000000143. The van der Waals surface area contributed by atoms with Gasteiger partial charge in [-0.2, -0.15) is 0 Å². The highest BCUT2D eigenvalue weighted by atomic mass is 14.8. The van der Waals surface area contributed by atoms with E-state index in [2.05, 4.69) is 164 Å². The van der Waals surface area contributed by atoms with Gasteiger partial charge in [-0.15, -0.1) is 0 Å². The van der Waals surface area contributed by atoms with E-state index >= 15 is 0 Å². The van der Waals surface area contributed by atoms with Gasteiger partial charge in [-0.25, -0.2) is 4.98 Å². The van der Waals surface area contributed by atoms with E-state index in [0.717, 1.165) is 71.8 Å². The number of nitrogens with zero attached hydrogens (tertiary/aromatic N) is 4. The Bertz CT molecular complexity index is 2820. The fourth-order valence-electron chi connectivity index (χ4n) is 7.37. The second-order valence-corrected chi connectivity index (χ2v) is 13.5. The summed E-state index contributed by atoms with van der Waals surface area (Å²) in [4.78, 5) is 19.5. The molecule has 256 valence electrons. The number of aromatic nitrogens is 4. The van der Waals surface area contributed by atoms with E-state index in [-0.39, 0.29) is 0 Å². The van der Waals surface area contributed by atoms with Crippen molar-refractivity contribution in [3.63, 3.8) is 0 Å². The van der Waals surface area contributed by atoms with Crippen LogP contribution in [0.5, 0.6) is 0 Å². The van der Waals surface area contributed by atoms with Crippen LogP contribution in [0.4, 0.5) is 0 Å². The maximum Gasteiger partial charge on any atom is 0.0974 e. The smallest absolute Gasteiger partial charge is 0.0974 e. The number of benzene rings is 6. The summed E-state index contributed by atoms with van der Waals surface area (Å²) >= 11 is 0. The van der Waals surface area contributed by atoms with Gasteiger partial charge >= 0.3 is 0 Å². The van der Waals surface area contributed by atoms with Gasteiger partial charge in [0.15, 0.2) is 0 Å². The standard InChI is InChI=1S/C26H20N2.C24H16N2/c1-17-15-23(19-9-5-3-6-10-19)21-13-14-22-24(20-11-7-4-8-12-20)16-18(2)28-26(22)25(21)27-17;1-3-8-17(9-4-1)21-16-20-14-13-19-12-7-15-25-23(19)24(20)26-22(21)18-10-5-2-6-11-18/h3-16H,1-2H3;1-16H. The number of rotatable bonds is 4. The highest BCUT2D eigenvalue weighted by Crippen LogP contribution is 2.37. The molecular formula is C50H36N4. The molecule has 6 aromatic carbocycles. The number of pyridine rings is 4. The molecule has 0 aliphatic heterocycles. The molecule has 0 atom stereocenters. The van der Waals surface area contributed by atoms with E-state index in [1.54, 1.807) is 0 Å². The van der Waals surface area contributed by atoms with Crippen LogP contribution in [0, 0.1) is 13.8 Å². The summed E-state index contributed by atoms with van der Waals surface area (Å²) in [6.07, 6.45) is 1.83. The third kappa shape index (κ3) is 6.24. The van der Waals surface area contributed by atoms with Gasteiger partial charge in [0.25, 0.3) is 0 Å². The average molecular weight is 693 g/mol. The van der Waals surface area contributed by atoms with Crippen LogP contribution in [0.3, 0.4) is 0 Å². The van der Waals surface area contributed by atoms with Gasteiger partial charge in [-0.05, 0) is 65.9 Å². The van der Waals surface area contributed by atoms with E-state index < -0.39 is 0 Å². The normalized spacial score (nSPS) is 11.1. The SMILES string of the molecule is Cc1cc(-c2ccccc2)c2ccc3c(-c4ccccc4)cc(C)nc3c2n1.c1ccc(-c2cc3ccc4cccnc4c3nc2-c2ccccc2)cc1. The Kier molecular flexibility index (Phi) is 8.62. The lowest BCUT2D eigenvalue weighted by Gasteiger charge is -2.13. The maximum absolute atomic E-state index is 5.09. The zero-order chi connectivity index (χ0) is 36.4. The average Bonchev–Trinajstić information content (AvgIpc) is 3.24. The summed E-state index contributed by atoms with van der Waals surface area (Å²) in [5, 5.41) is 4.50. The molecule has 0 saturated heterocycles. The van der Waals surface area contributed by atoms with Crippen LogP contribution in [-0.2, 0) is 0 Å². The lowest BCUT2D eigenvalue weighted by molar-refractivity contribution is 1.23. The van der Waals surface area contributed by atoms with Crippen LogP contribution in [-0.4, -0.2) is 19.9 Å². The molecule has 4 aromatic heterocycles. The lowest BCUT2D eigenvalue weighted by atomic mass is 9.95. The molecule has 0 amide bonds. The molecule has 0 unspecified atom stereocenters. The summed E-state index contributed by atoms with van der Waals surface area (Å²) in [5.74, 6) is 0. The summed E-state index contributed by atoms with van der Waals surface area (Å²) in [6.45, 7) is 4.11. The third-order valence-corrected chi connectivity index (χ3v) is 9.87. The van der Waals surface area contributed by atoms with Crippen LogP contribution >= 0.6 is 0 Å². The monoisotopic (exact) mass is 692 g/mol. The first-order chi connectivity index (χ1) is 26.6. The van der Waals surface area contributed by atoms with Gasteiger partial charge in [0.1, 0.15) is 0 Å². The summed E-state index contributed by atoms with van der Waals surface area (Å²) < 4.78 is 0. The van der Waals surface area contributed by atoms with Crippen LogP contribution in [0.15, 0.2) is 182 Å². The molecule has 0 fully saturated rings. The molecule has 54 heavy (non-hydrogen) atoms. The Morgan fingerprint density at radius 2 is 0.796 bits per heavy atom. The van der Waals surface area contributed by atoms with Crippen molar-refractivity contribution in [3.05, 3.63) is 194 Å². The highest BCUT2D eigenvalue weighted by molar-refractivity contribution is 6.12. The van der Waals surface area contributed by atoms with Gasteiger partial charge in [0.2, 0.25) is 0 Å². The minimum Gasteiger partial charge on any atom is -0.254 e. The highest BCUT2D eigenvalue weighted by Gasteiger charge is 2.15. The third-order valence-electron chi connectivity index (χ3n) is 9.87. The second-order valence-electron chi connectivity index (χ2n) is 13.5. The van der Waals surface area contributed by atoms with E-state index in [0.29, 0.717) is 0 Å². The zero-order valence-corrected chi connectivity index (χ0v) is 30.1. The van der Waals surface area contributed by atoms with Crippen molar-refractivity contribution in [1.29, 1.82) is 0 Å². The molecule has 10 aromatic rings. The van der Waals surface area contributed by atoms with Gasteiger partial charge < -0.3 is 0 Å². The quantitative estimate of drug-likeness (QED) is 0.172. The zero-order valence-electron chi connectivity index (χ0n) is 30.1. The minimum absolute atomic E-state index is 0.946. The second kappa shape index (κ2) is 14.2. The fourth-order valence-corrected chi connectivity index (χ4v) is 7.37. The van der Waals surface area contributed by atoms with E-state index in [4.69, 9.17) is 15.0 Å². The molecule has 0 aliphatic rings. The van der Waals surface area contributed by atoms with Crippen molar-refractivity contribution < 1.29 is 0 Å². The van der Waals surface area contributed by atoms with Gasteiger partial charge in [-0.1, -0.05) is 152 Å². The Hall–Kier alpha value is -7.04. The Labute approximate surface area is 314 Å². The van der Waals surface area contributed by atoms with Gasteiger partial charge in [0, 0.05) is 50.3 Å². The van der Waals surface area contributed by atoms with E-state index in [1.165, 1.54) is 27.8 Å². The Morgan fingerprint density at radius 3 is 1.31 bits per heavy atom. The first-order valence-electron chi connectivity index (χ1n) is 18.2. The van der Waals surface area contributed by atoms with Crippen molar-refractivity contribution in [3.8, 4) is 44.6 Å². The van der Waals surface area contributed by atoms with Crippen molar-refractivity contribution in [2.24, 2.45) is 0 Å². The molecule has 0 N–H and O–H groups in total. The summed E-state index contributed by atoms with van der Waals surface area (Å²) in [7, 11) is 0. The van der Waals surface area contributed by atoms with Gasteiger partial charge in [0.05, 0.1) is 27.8 Å². The predicted molar refractivity (Wildman–Crippen MR) is 225 cm³/mol. The molecule has 4 nitrogen and oxygen atoms in total. The predicted octanol–water partition coefficient (Wildman–Crippen LogP) is 12.9. The number of aryl methyl sites for hydroxylation is 2. The lowest BCUT2D eigenvalue weighted by Crippen LogP contribution is -1.94. The van der Waals surface area contributed by atoms with Crippen LogP contribution in [0.2, 0.25) is 0 Å².